The average Bonchev–Trinajstić information content (AvgIpc) is 2.18. The summed E-state index contributed by atoms with van der Waals surface area (Å²) in [6.45, 7) is 0.672. The third-order valence-electron chi connectivity index (χ3n) is 3.75. The first-order chi connectivity index (χ1) is 6.70. The molecule has 2 aliphatic rings. The molecule has 1 atom stereocenters. The van der Waals surface area contributed by atoms with Crippen molar-refractivity contribution in [3.8, 4) is 0 Å². The lowest BCUT2D eigenvalue weighted by molar-refractivity contribution is -0.0998. The molecule has 1 saturated carbocycles. The van der Waals surface area contributed by atoms with E-state index in [1.165, 1.54) is 6.42 Å². The molecule has 0 radical (unpaired) electrons. The second-order valence-corrected chi connectivity index (χ2v) is 4.73. The molecule has 82 valence electrons. The highest BCUT2D eigenvalue weighted by Gasteiger charge is 2.45. The Labute approximate surface area is 84.3 Å². The summed E-state index contributed by atoms with van der Waals surface area (Å²) in [7, 11) is 0. The summed E-state index contributed by atoms with van der Waals surface area (Å²) in [6.07, 6.45) is 6.28. The van der Waals surface area contributed by atoms with Crippen LogP contribution in [0.4, 0.5) is 8.78 Å². The highest BCUT2D eigenvalue weighted by molar-refractivity contribution is 4.89. The molecule has 0 bridgehead atoms. The van der Waals surface area contributed by atoms with Gasteiger partial charge in [0.15, 0.2) is 0 Å². The number of nitrogens with one attached hydrogen (secondary N) is 1. The van der Waals surface area contributed by atoms with Crippen molar-refractivity contribution in [3.63, 3.8) is 0 Å². The van der Waals surface area contributed by atoms with E-state index in [9.17, 15) is 8.78 Å². The first kappa shape index (κ1) is 10.3. The van der Waals surface area contributed by atoms with E-state index < -0.39 is 5.92 Å². The van der Waals surface area contributed by atoms with Crippen LogP contribution in [0.15, 0.2) is 0 Å². The number of rotatable bonds is 1. The van der Waals surface area contributed by atoms with Gasteiger partial charge in [0.1, 0.15) is 0 Å². The van der Waals surface area contributed by atoms with E-state index >= 15 is 0 Å². The van der Waals surface area contributed by atoms with Crippen molar-refractivity contribution >= 4 is 0 Å². The van der Waals surface area contributed by atoms with Gasteiger partial charge in [-0.25, -0.2) is 8.78 Å². The maximum absolute atomic E-state index is 13.6. The highest BCUT2D eigenvalue weighted by atomic mass is 19.3. The van der Waals surface area contributed by atoms with Crippen LogP contribution in [0, 0.1) is 11.8 Å². The van der Waals surface area contributed by atoms with Gasteiger partial charge in [0, 0.05) is 5.92 Å². The molecule has 3 heteroatoms. The fourth-order valence-corrected chi connectivity index (χ4v) is 2.97. The van der Waals surface area contributed by atoms with E-state index in [0.717, 1.165) is 32.2 Å². The van der Waals surface area contributed by atoms with Gasteiger partial charge in [0.05, 0.1) is 6.54 Å². The van der Waals surface area contributed by atoms with Gasteiger partial charge >= 0.3 is 0 Å². The van der Waals surface area contributed by atoms with Gasteiger partial charge in [-0.15, -0.1) is 0 Å². The Morgan fingerprint density at radius 2 is 1.71 bits per heavy atom. The molecular weight excluding hydrogens is 184 g/mol. The molecule has 1 N–H and O–H groups in total. The predicted octanol–water partition coefficient (Wildman–Crippen LogP) is 2.81. The van der Waals surface area contributed by atoms with Crippen molar-refractivity contribution in [2.45, 2.75) is 44.4 Å². The predicted molar refractivity (Wildman–Crippen MR) is 52.5 cm³/mol. The molecule has 0 aromatic rings. The lowest BCUT2D eigenvalue weighted by atomic mass is 9.74. The summed E-state index contributed by atoms with van der Waals surface area (Å²) in [5.41, 5.74) is 0. The molecule has 1 heterocycles. The Balaban J connectivity index is 1.99. The quantitative estimate of drug-likeness (QED) is 0.691. The van der Waals surface area contributed by atoms with Crippen molar-refractivity contribution < 1.29 is 8.78 Å². The van der Waals surface area contributed by atoms with Crippen molar-refractivity contribution in [2.24, 2.45) is 11.8 Å². The van der Waals surface area contributed by atoms with Crippen LogP contribution in [0.2, 0.25) is 0 Å². The SMILES string of the molecule is FC1(F)CNCCC1C1CCCCC1. The number of alkyl halides is 2. The largest absolute Gasteiger partial charge is 0.311 e. The molecule has 0 aromatic heterocycles. The average molecular weight is 203 g/mol. The first-order valence-electron chi connectivity index (χ1n) is 5.79. The molecule has 0 amide bonds. The summed E-state index contributed by atoms with van der Waals surface area (Å²) in [4.78, 5) is 0. The standard InChI is InChI=1S/C11H19F2N/c12-11(13)8-14-7-6-10(11)9-4-2-1-3-5-9/h9-10,14H,1-8H2. The third-order valence-corrected chi connectivity index (χ3v) is 3.75. The smallest absolute Gasteiger partial charge is 0.263 e. The van der Waals surface area contributed by atoms with Crippen molar-refractivity contribution in [1.29, 1.82) is 0 Å². The Morgan fingerprint density at radius 1 is 1.00 bits per heavy atom. The van der Waals surface area contributed by atoms with Crippen LogP contribution in [0.25, 0.3) is 0 Å². The second kappa shape index (κ2) is 4.13. The zero-order chi connectivity index (χ0) is 10.0. The Bertz CT molecular complexity index is 188. The maximum atomic E-state index is 13.6. The van der Waals surface area contributed by atoms with Crippen LogP contribution < -0.4 is 5.32 Å². The van der Waals surface area contributed by atoms with Gasteiger partial charge in [0.2, 0.25) is 0 Å². The van der Waals surface area contributed by atoms with Crippen molar-refractivity contribution in [3.05, 3.63) is 0 Å². The minimum absolute atomic E-state index is 0.103. The summed E-state index contributed by atoms with van der Waals surface area (Å²) >= 11 is 0. The highest BCUT2D eigenvalue weighted by Crippen LogP contribution is 2.41. The second-order valence-electron chi connectivity index (χ2n) is 4.73. The summed E-state index contributed by atoms with van der Waals surface area (Å²) < 4.78 is 27.2. The van der Waals surface area contributed by atoms with Crippen molar-refractivity contribution in [1.82, 2.24) is 5.32 Å². The molecule has 1 unspecified atom stereocenters. The Morgan fingerprint density at radius 3 is 2.36 bits per heavy atom. The molecule has 14 heavy (non-hydrogen) atoms. The summed E-state index contributed by atoms with van der Waals surface area (Å²) in [5, 5.41) is 2.79. The van der Waals surface area contributed by atoms with Crippen LogP contribution in [-0.4, -0.2) is 19.0 Å². The number of hydrogen-bond acceptors (Lipinski definition) is 1. The van der Waals surface area contributed by atoms with Crippen LogP contribution in [0.5, 0.6) is 0 Å². The normalized spacial score (nSPS) is 34.3. The minimum atomic E-state index is -2.46. The summed E-state index contributed by atoms with van der Waals surface area (Å²) in [5.74, 6) is -2.51. The summed E-state index contributed by atoms with van der Waals surface area (Å²) in [6, 6.07) is 0. The zero-order valence-corrected chi connectivity index (χ0v) is 8.57. The van der Waals surface area contributed by atoms with Gasteiger partial charge in [-0.05, 0) is 31.7 Å². The monoisotopic (exact) mass is 203 g/mol. The Kier molecular flexibility index (Phi) is 3.05. The molecule has 1 nitrogen and oxygen atoms in total. The van der Waals surface area contributed by atoms with E-state index in [1.807, 2.05) is 0 Å². The minimum Gasteiger partial charge on any atom is -0.311 e. The number of piperidine rings is 1. The topological polar surface area (TPSA) is 12.0 Å². The van der Waals surface area contributed by atoms with Crippen LogP contribution in [0.3, 0.4) is 0 Å². The fraction of sp³-hybridized carbons (Fsp3) is 1.00. The molecule has 0 aromatic carbocycles. The third kappa shape index (κ3) is 2.08. The van der Waals surface area contributed by atoms with Crippen LogP contribution >= 0.6 is 0 Å². The van der Waals surface area contributed by atoms with Gasteiger partial charge in [0.25, 0.3) is 5.92 Å². The maximum Gasteiger partial charge on any atom is 0.263 e. The van der Waals surface area contributed by atoms with E-state index in [4.69, 9.17) is 0 Å². The van der Waals surface area contributed by atoms with Gasteiger partial charge in [-0.3, -0.25) is 0 Å². The van der Waals surface area contributed by atoms with Gasteiger partial charge in [-0.2, -0.15) is 0 Å². The Hall–Kier alpha value is -0.180. The molecule has 1 saturated heterocycles. The van der Waals surface area contributed by atoms with E-state index in [0.29, 0.717) is 12.3 Å². The number of hydrogen-bond donors (Lipinski definition) is 1. The molecule has 1 aliphatic carbocycles. The fourth-order valence-electron chi connectivity index (χ4n) is 2.97. The molecule has 2 rings (SSSR count). The first-order valence-corrected chi connectivity index (χ1v) is 5.79. The van der Waals surface area contributed by atoms with Crippen LogP contribution in [0.1, 0.15) is 38.5 Å². The van der Waals surface area contributed by atoms with E-state index in [1.54, 1.807) is 0 Å². The van der Waals surface area contributed by atoms with Crippen molar-refractivity contribution in [2.75, 3.05) is 13.1 Å². The lowest BCUT2D eigenvalue weighted by Gasteiger charge is -2.38. The number of halogens is 2. The van der Waals surface area contributed by atoms with Crippen LogP contribution in [-0.2, 0) is 0 Å². The van der Waals surface area contributed by atoms with Gasteiger partial charge in [-0.1, -0.05) is 19.3 Å². The van der Waals surface area contributed by atoms with E-state index in [2.05, 4.69) is 5.32 Å². The molecule has 2 fully saturated rings. The molecular formula is C11H19F2N. The van der Waals surface area contributed by atoms with Gasteiger partial charge < -0.3 is 5.32 Å². The molecule has 1 aliphatic heterocycles. The molecule has 0 spiro atoms. The zero-order valence-electron chi connectivity index (χ0n) is 8.57. The lowest BCUT2D eigenvalue weighted by Crippen LogP contribution is -2.49. The van der Waals surface area contributed by atoms with E-state index in [-0.39, 0.29) is 12.5 Å².